The lowest BCUT2D eigenvalue weighted by Crippen LogP contribution is -2.50. The number of rotatable bonds is 6. The Bertz CT molecular complexity index is 1520. The van der Waals surface area contributed by atoms with E-state index in [9.17, 15) is 9.59 Å². The Balaban J connectivity index is 1.11. The number of ether oxygens (including phenoxy) is 2. The molecule has 0 aliphatic carbocycles. The molecule has 3 aromatic carbocycles. The van der Waals surface area contributed by atoms with Crippen LogP contribution in [0.1, 0.15) is 25.3 Å². The average Bonchev–Trinajstić information content (AvgIpc) is 3.26. The highest BCUT2D eigenvalue weighted by Crippen LogP contribution is 2.37. The number of amides is 2. The second-order valence-corrected chi connectivity index (χ2v) is 9.93. The Kier molecular flexibility index (Phi) is 6.41. The van der Waals surface area contributed by atoms with Gasteiger partial charge in [0.15, 0.2) is 0 Å². The number of carbonyl (C=O) groups is 2. The summed E-state index contributed by atoms with van der Waals surface area (Å²) in [6, 6.07) is 20.3. The second-order valence-electron chi connectivity index (χ2n) is 9.93. The van der Waals surface area contributed by atoms with Crippen LogP contribution >= 0.6 is 0 Å². The van der Waals surface area contributed by atoms with E-state index in [1.165, 1.54) is 16.4 Å². The van der Waals surface area contributed by atoms with E-state index in [1.54, 1.807) is 12.0 Å². The maximum absolute atomic E-state index is 13.0. The third-order valence-corrected chi connectivity index (χ3v) is 7.79. The molecule has 0 atom stereocenters. The van der Waals surface area contributed by atoms with E-state index in [2.05, 4.69) is 58.1 Å². The van der Waals surface area contributed by atoms with E-state index in [-0.39, 0.29) is 24.6 Å². The SMILES string of the molecule is CCn1c2ccccc2c2cc(NC(=O)CN3CCC(N4C(=O)OCc5c(OC)cccc54)CC3)ccc21. The predicted octanol–water partition coefficient (Wildman–Crippen LogP) is 5.38. The number of nitrogens with one attached hydrogen (secondary N) is 1. The summed E-state index contributed by atoms with van der Waals surface area (Å²) >= 11 is 0. The number of methoxy groups -OCH3 is 1. The van der Waals surface area contributed by atoms with Gasteiger partial charge in [0.05, 0.1) is 24.9 Å². The summed E-state index contributed by atoms with van der Waals surface area (Å²) in [4.78, 5) is 29.6. The summed E-state index contributed by atoms with van der Waals surface area (Å²) in [5, 5.41) is 5.43. The van der Waals surface area contributed by atoms with Crippen LogP contribution in [0.4, 0.5) is 16.2 Å². The second kappa shape index (κ2) is 10.0. The summed E-state index contributed by atoms with van der Waals surface area (Å²) in [6.07, 6.45) is 1.21. The highest BCUT2D eigenvalue weighted by atomic mass is 16.6. The highest BCUT2D eigenvalue weighted by molar-refractivity contribution is 6.09. The van der Waals surface area contributed by atoms with Crippen molar-refractivity contribution in [3.8, 4) is 5.75 Å². The number of carbonyl (C=O) groups excluding carboxylic acids is 2. The molecule has 196 valence electrons. The molecule has 8 heteroatoms. The molecule has 1 N–H and O–H groups in total. The number of aromatic nitrogens is 1. The zero-order valence-corrected chi connectivity index (χ0v) is 21.8. The zero-order chi connectivity index (χ0) is 26.2. The number of nitrogens with zero attached hydrogens (tertiary/aromatic N) is 3. The fraction of sp³-hybridized carbons (Fsp3) is 0.333. The first-order chi connectivity index (χ1) is 18.6. The van der Waals surface area contributed by atoms with Crippen LogP contribution in [0.2, 0.25) is 0 Å². The quantitative estimate of drug-likeness (QED) is 0.375. The van der Waals surface area contributed by atoms with Crippen LogP contribution in [-0.2, 0) is 22.7 Å². The molecule has 0 unspecified atom stereocenters. The molecule has 8 nitrogen and oxygen atoms in total. The van der Waals surface area contributed by atoms with E-state index in [4.69, 9.17) is 9.47 Å². The van der Waals surface area contributed by atoms with Gasteiger partial charge in [-0.25, -0.2) is 4.79 Å². The van der Waals surface area contributed by atoms with Gasteiger partial charge in [-0.2, -0.15) is 0 Å². The van der Waals surface area contributed by atoms with Crippen molar-refractivity contribution in [2.45, 2.75) is 39.0 Å². The Hall–Kier alpha value is -4.04. The predicted molar refractivity (Wildman–Crippen MR) is 149 cm³/mol. The minimum absolute atomic E-state index is 0.0197. The number of likely N-dealkylation sites (tertiary alicyclic amines) is 1. The van der Waals surface area contributed by atoms with Crippen LogP contribution in [0.5, 0.6) is 5.75 Å². The molecule has 0 saturated carbocycles. The Morgan fingerprint density at radius 1 is 1.03 bits per heavy atom. The first-order valence-electron chi connectivity index (χ1n) is 13.2. The molecule has 38 heavy (non-hydrogen) atoms. The standard InChI is InChI=1S/C30H32N4O4/c1-3-33-25-8-5-4-7-22(25)23-17-20(11-12-26(23)33)31-29(35)18-32-15-13-21(14-16-32)34-27-9-6-10-28(37-2)24(27)19-38-30(34)36/h4-12,17,21H,3,13-16,18-19H2,1-2H3,(H,31,35). The molecule has 2 aliphatic rings. The van der Waals surface area contributed by atoms with Crippen molar-refractivity contribution in [2.24, 2.45) is 0 Å². The van der Waals surface area contributed by atoms with Gasteiger partial charge < -0.3 is 19.4 Å². The topological polar surface area (TPSA) is 76.0 Å². The van der Waals surface area contributed by atoms with Gasteiger partial charge in [0, 0.05) is 53.2 Å². The number of fused-ring (bicyclic) bond motifs is 4. The molecule has 0 bridgehead atoms. The van der Waals surface area contributed by atoms with Crippen molar-refractivity contribution in [1.29, 1.82) is 0 Å². The van der Waals surface area contributed by atoms with Crippen molar-refractivity contribution in [1.82, 2.24) is 9.47 Å². The number of anilines is 2. The van der Waals surface area contributed by atoms with E-state index in [1.807, 2.05) is 24.3 Å². The van der Waals surface area contributed by atoms with Crippen molar-refractivity contribution in [3.05, 3.63) is 66.2 Å². The molecule has 0 spiro atoms. The lowest BCUT2D eigenvalue weighted by atomic mass is 10.0. The molecule has 0 radical (unpaired) electrons. The Morgan fingerprint density at radius 2 is 1.82 bits per heavy atom. The van der Waals surface area contributed by atoms with E-state index >= 15 is 0 Å². The van der Waals surface area contributed by atoms with Gasteiger partial charge in [0.1, 0.15) is 12.4 Å². The fourth-order valence-corrected chi connectivity index (χ4v) is 5.98. The molecule has 2 amide bonds. The van der Waals surface area contributed by atoms with E-state index in [0.29, 0.717) is 6.54 Å². The largest absolute Gasteiger partial charge is 0.496 e. The summed E-state index contributed by atoms with van der Waals surface area (Å²) in [6.45, 7) is 5.03. The van der Waals surface area contributed by atoms with Gasteiger partial charge in [0.25, 0.3) is 0 Å². The van der Waals surface area contributed by atoms with Gasteiger partial charge in [-0.15, -0.1) is 0 Å². The van der Waals surface area contributed by atoms with Crippen LogP contribution < -0.4 is 15.0 Å². The highest BCUT2D eigenvalue weighted by Gasteiger charge is 2.35. The van der Waals surface area contributed by atoms with Crippen molar-refractivity contribution in [3.63, 3.8) is 0 Å². The Labute approximate surface area is 221 Å². The maximum Gasteiger partial charge on any atom is 0.414 e. The summed E-state index contributed by atoms with van der Waals surface area (Å²) in [7, 11) is 1.63. The monoisotopic (exact) mass is 512 g/mol. The molecule has 6 rings (SSSR count). The normalized spacial score (nSPS) is 16.5. The minimum atomic E-state index is -0.318. The van der Waals surface area contributed by atoms with Crippen LogP contribution in [-0.4, -0.2) is 54.3 Å². The third kappa shape index (κ3) is 4.24. The molecular weight excluding hydrogens is 480 g/mol. The first kappa shape index (κ1) is 24.3. The molecule has 1 fully saturated rings. The smallest absolute Gasteiger partial charge is 0.414 e. The van der Waals surface area contributed by atoms with Gasteiger partial charge in [-0.05, 0) is 56.2 Å². The maximum atomic E-state index is 13.0. The van der Waals surface area contributed by atoms with Crippen molar-refractivity contribution >= 4 is 45.2 Å². The number of aryl methyl sites for hydroxylation is 1. The number of cyclic esters (lactones) is 1. The number of piperidine rings is 1. The van der Waals surface area contributed by atoms with Crippen LogP contribution in [0.15, 0.2) is 60.7 Å². The number of benzene rings is 3. The molecule has 3 heterocycles. The van der Waals surface area contributed by atoms with Gasteiger partial charge in [-0.1, -0.05) is 24.3 Å². The van der Waals surface area contributed by atoms with Crippen molar-refractivity contribution in [2.75, 3.05) is 37.0 Å². The fourth-order valence-electron chi connectivity index (χ4n) is 5.98. The van der Waals surface area contributed by atoms with Crippen LogP contribution in [0, 0.1) is 0 Å². The van der Waals surface area contributed by atoms with E-state index in [0.717, 1.165) is 60.5 Å². The summed E-state index contributed by atoms with van der Waals surface area (Å²) < 4.78 is 13.2. The zero-order valence-electron chi connectivity index (χ0n) is 21.8. The summed E-state index contributed by atoms with van der Waals surface area (Å²) in [5.74, 6) is 0.695. The Morgan fingerprint density at radius 3 is 2.61 bits per heavy atom. The molecule has 4 aromatic rings. The number of hydrogen-bond donors (Lipinski definition) is 1. The van der Waals surface area contributed by atoms with Crippen molar-refractivity contribution < 1.29 is 19.1 Å². The summed E-state index contributed by atoms with van der Waals surface area (Å²) in [5.41, 5.74) is 4.93. The van der Waals surface area contributed by atoms with Gasteiger partial charge in [0.2, 0.25) is 5.91 Å². The van der Waals surface area contributed by atoms with E-state index < -0.39 is 0 Å². The molecule has 1 saturated heterocycles. The first-order valence-corrected chi connectivity index (χ1v) is 13.2. The molecule has 1 aromatic heterocycles. The lowest BCUT2D eigenvalue weighted by Gasteiger charge is -2.40. The van der Waals surface area contributed by atoms with Gasteiger partial charge in [-0.3, -0.25) is 14.6 Å². The average molecular weight is 513 g/mol. The minimum Gasteiger partial charge on any atom is -0.496 e. The van der Waals surface area contributed by atoms with Crippen LogP contribution in [0.3, 0.4) is 0 Å². The van der Waals surface area contributed by atoms with Gasteiger partial charge >= 0.3 is 6.09 Å². The number of para-hydroxylation sites is 1. The number of hydrogen-bond acceptors (Lipinski definition) is 5. The van der Waals surface area contributed by atoms with Crippen LogP contribution in [0.25, 0.3) is 21.8 Å². The lowest BCUT2D eigenvalue weighted by molar-refractivity contribution is -0.117. The third-order valence-electron chi connectivity index (χ3n) is 7.79. The molecule has 2 aliphatic heterocycles. The molecular formula is C30H32N4O4.